The summed E-state index contributed by atoms with van der Waals surface area (Å²) in [5.41, 5.74) is 0.0870. The van der Waals surface area contributed by atoms with E-state index in [1.54, 1.807) is 24.3 Å². The Morgan fingerprint density at radius 3 is 2.21 bits per heavy atom. The first-order chi connectivity index (χ1) is 13.3. The Morgan fingerprint density at radius 1 is 0.964 bits per heavy atom. The van der Waals surface area contributed by atoms with Crippen molar-refractivity contribution in [3.8, 4) is 0 Å². The maximum absolute atomic E-state index is 12.9. The molecule has 1 aliphatic heterocycles. The highest BCUT2D eigenvalue weighted by molar-refractivity contribution is 6.34. The van der Waals surface area contributed by atoms with E-state index in [2.05, 4.69) is 9.97 Å². The van der Waals surface area contributed by atoms with Crippen LogP contribution in [-0.4, -0.2) is 33.2 Å². The number of benzene rings is 2. The Morgan fingerprint density at radius 2 is 1.61 bits per heavy atom. The van der Waals surface area contributed by atoms with Crippen molar-refractivity contribution < 1.29 is 22.8 Å². The van der Waals surface area contributed by atoms with Crippen molar-refractivity contribution in [3.63, 3.8) is 0 Å². The number of rotatable bonds is 3. The van der Waals surface area contributed by atoms with Crippen LogP contribution in [0.1, 0.15) is 32.1 Å². The zero-order chi connectivity index (χ0) is 20.1. The van der Waals surface area contributed by atoms with Crippen LogP contribution in [-0.2, 0) is 12.6 Å². The smallest absolute Gasteiger partial charge is 0.274 e. The molecular weight excluding hydrogens is 395 g/mol. The monoisotopic (exact) mass is 405 g/mol. The minimum atomic E-state index is -4.50. The van der Waals surface area contributed by atoms with Crippen LogP contribution in [0.5, 0.6) is 0 Å². The second-order valence-corrected chi connectivity index (χ2v) is 6.58. The molecule has 9 heteroatoms. The largest absolute Gasteiger partial charge is 0.416 e. The van der Waals surface area contributed by atoms with E-state index < -0.39 is 23.6 Å². The number of carbonyl (C=O) groups is 2. The molecule has 0 saturated carbocycles. The van der Waals surface area contributed by atoms with Gasteiger partial charge in [-0.15, -0.1) is 0 Å². The third-order valence-corrected chi connectivity index (χ3v) is 4.75. The number of hydrogen-bond donors (Lipinski definition) is 0. The van der Waals surface area contributed by atoms with E-state index in [0.717, 1.165) is 17.0 Å². The van der Waals surface area contributed by atoms with Crippen LogP contribution < -0.4 is 0 Å². The van der Waals surface area contributed by atoms with Crippen LogP contribution in [0.2, 0.25) is 5.15 Å². The van der Waals surface area contributed by atoms with E-state index in [-0.39, 0.29) is 34.8 Å². The molecule has 0 saturated heterocycles. The van der Waals surface area contributed by atoms with Crippen LogP contribution >= 0.6 is 11.6 Å². The van der Waals surface area contributed by atoms with Crippen molar-refractivity contribution in [1.82, 2.24) is 14.9 Å². The quantitative estimate of drug-likeness (QED) is 0.485. The number of amides is 2. The second-order valence-electron chi connectivity index (χ2n) is 6.22. The van der Waals surface area contributed by atoms with E-state index in [9.17, 15) is 22.8 Å². The molecule has 28 heavy (non-hydrogen) atoms. The molecule has 0 N–H and O–H groups in total. The average molecular weight is 406 g/mol. The SMILES string of the molecule is O=C1c2ccccc2C(=O)N1CCc1nc(Cl)c2cc(C(F)(F)F)ccc2n1. The van der Waals surface area contributed by atoms with Crippen LogP contribution in [0.3, 0.4) is 0 Å². The summed E-state index contributed by atoms with van der Waals surface area (Å²) < 4.78 is 38.6. The Labute approximate surface area is 161 Å². The topological polar surface area (TPSA) is 63.2 Å². The first-order valence-electron chi connectivity index (χ1n) is 8.24. The standard InChI is InChI=1S/C19H11ClF3N3O2/c20-16-13-9-10(19(21,22)23)5-6-14(13)24-15(25-16)7-8-26-17(27)11-3-1-2-4-12(11)18(26)28/h1-6,9H,7-8H2. The molecule has 0 radical (unpaired) electrons. The van der Waals surface area contributed by atoms with Crippen molar-refractivity contribution >= 4 is 34.3 Å². The van der Waals surface area contributed by atoms with Crippen molar-refractivity contribution in [2.75, 3.05) is 6.54 Å². The van der Waals surface area contributed by atoms with Gasteiger partial charge in [-0.25, -0.2) is 9.97 Å². The zero-order valence-corrected chi connectivity index (χ0v) is 14.9. The van der Waals surface area contributed by atoms with Gasteiger partial charge in [-0.2, -0.15) is 13.2 Å². The van der Waals surface area contributed by atoms with Gasteiger partial charge >= 0.3 is 6.18 Å². The van der Waals surface area contributed by atoms with Gasteiger partial charge < -0.3 is 0 Å². The van der Waals surface area contributed by atoms with Gasteiger partial charge in [0.05, 0.1) is 22.2 Å². The summed E-state index contributed by atoms with van der Waals surface area (Å²) in [7, 11) is 0. The molecule has 1 aromatic heterocycles. The lowest BCUT2D eigenvalue weighted by Crippen LogP contribution is -2.32. The van der Waals surface area contributed by atoms with Gasteiger partial charge in [-0.1, -0.05) is 23.7 Å². The Kier molecular flexibility index (Phi) is 4.30. The minimum Gasteiger partial charge on any atom is -0.274 e. The fourth-order valence-electron chi connectivity index (χ4n) is 3.08. The van der Waals surface area contributed by atoms with Gasteiger partial charge in [0.25, 0.3) is 11.8 Å². The van der Waals surface area contributed by atoms with E-state index in [0.29, 0.717) is 11.1 Å². The normalized spacial score (nSPS) is 14.1. The third kappa shape index (κ3) is 3.09. The Hall–Kier alpha value is -3.00. The predicted octanol–water partition coefficient (Wildman–Crippen LogP) is 4.14. The summed E-state index contributed by atoms with van der Waals surface area (Å²) in [5, 5.41) is -0.0329. The number of imide groups is 1. The summed E-state index contributed by atoms with van der Waals surface area (Å²) in [6.45, 7) is 0.0365. The zero-order valence-electron chi connectivity index (χ0n) is 14.1. The van der Waals surface area contributed by atoms with Crippen LogP contribution in [0, 0.1) is 0 Å². The fourth-order valence-corrected chi connectivity index (χ4v) is 3.33. The van der Waals surface area contributed by atoms with Gasteiger partial charge in [0.1, 0.15) is 11.0 Å². The molecule has 2 amide bonds. The lowest BCUT2D eigenvalue weighted by atomic mass is 10.1. The third-order valence-electron chi connectivity index (χ3n) is 4.46. The predicted molar refractivity (Wildman–Crippen MR) is 95.1 cm³/mol. The Bertz CT molecular complexity index is 1100. The number of alkyl halides is 3. The number of halogens is 4. The first-order valence-corrected chi connectivity index (χ1v) is 8.62. The molecule has 1 aliphatic rings. The van der Waals surface area contributed by atoms with E-state index >= 15 is 0 Å². The van der Waals surface area contributed by atoms with Crippen molar-refractivity contribution in [1.29, 1.82) is 0 Å². The molecule has 0 fully saturated rings. The molecule has 142 valence electrons. The molecule has 2 heterocycles. The van der Waals surface area contributed by atoms with E-state index in [4.69, 9.17) is 11.6 Å². The van der Waals surface area contributed by atoms with Gasteiger partial charge in [0.15, 0.2) is 0 Å². The number of fused-ring (bicyclic) bond motifs is 2. The molecule has 2 aromatic carbocycles. The molecule has 0 unspecified atom stereocenters. The van der Waals surface area contributed by atoms with Crippen molar-refractivity contribution in [2.45, 2.75) is 12.6 Å². The van der Waals surface area contributed by atoms with Crippen molar-refractivity contribution in [3.05, 3.63) is 70.1 Å². The minimum absolute atomic E-state index is 0.0365. The fraction of sp³-hybridized carbons (Fsp3) is 0.158. The second kappa shape index (κ2) is 6.56. The Balaban J connectivity index is 1.58. The lowest BCUT2D eigenvalue weighted by molar-refractivity contribution is -0.137. The van der Waals surface area contributed by atoms with E-state index in [1.165, 1.54) is 6.07 Å². The van der Waals surface area contributed by atoms with Gasteiger partial charge in [0.2, 0.25) is 0 Å². The maximum Gasteiger partial charge on any atom is 0.416 e. The summed E-state index contributed by atoms with van der Waals surface area (Å²) in [5.74, 6) is -0.571. The lowest BCUT2D eigenvalue weighted by Gasteiger charge is -2.13. The molecule has 0 atom stereocenters. The number of carbonyl (C=O) groups excluding carboxylic acids is 2. The van der Waals surface area contributed by atoms with Gasteiger partial charge in [0, 0.05) is 18.4 Å². The molecule has 5 nitrogen and oxygen atoms in total. The molecular formula is C19H11ClF3N3O2. The summed E-state index contributed by atoms with van der Waals surface area (Å²) in [6, 6.07) is 9.54. The molecule has 0 spiro atoms. The number of hydrogen-bond acceptors (Lipinski definition) is 4. The summed E-state index contributed by atoms with van der Waals surface area (Å²) in [6.07, 6.45) is -4.37. The van der Waals surface area contributed by atoms with Gasteiger partial charge in [-0.05, 0) is 30.3 Å². The number of aromatic nitrogens is 2. The van der Waals surface area contributed by atoms with Gasteiger partial charge in [-0.3, -0.25) is 14.5 Å². The first kappa shape index (κ1) is 18.4. The van der Waals surface area contributed by atoms with E-state index in [1.807, 2.05) is 0 Å². The molecule has 0 aliphatic carbocycles. The highest BCUT2D eigenvalue weighted by atomic mass is 35.5. The molecule has 3 aromatic rings. The van der Waals surface area contributed by atoms with Crippen molar-refractivity contribution in [2.24, 2.45) is 0 Å². The van der Waals surface area contributed by atoms with Crippen LogP contribution in [0.25, 0.3) is 10.9 Å². The molecule has 4 rings (SSSR count). The number of nitrogens with zero attached hydrogens (tertiary/aromatic N) is 3. The average Bonchev–Trinajstić information content (AvgIpc) is 2.90. The molecule has 0 bridgehead atoms. The van der Waals surface area contributed by atoms with Crippen LogP contribution in [0.4, 0.5) is 13.2 Å². The highest BCUT2D eigenvalue weighted by Crippen LogP contribution is 2.32. The summed E-state index contributed by atoms with van der Waals surface area (Å²) in [4.78, 5) is 34.1. The maximum atomic E-state index is 12.9. The van der Waals surface area contributed by atoms with Crippen LogP contribution in [0.15, 0.2) is 42.5 Å². The highest BCUT2D eigenvalue weighted by Gasteiger charge is 2.35. The summed E-state index contributed by atoms with van der Waals surface area (Å²) >= 11 is 6.04.